The van der Waals surface area contributed by atoms with Crippen LogP contribution in [-0.4, -0.2) is 44.3 Å². The van der Waals surface area contributed by atoms with Gasteiger partial charge in [0.15, 0.2) is 0 Å². The topological polar surface area (TPSA) is 216 Å². The third kappa shape index (κ3) is 41.2. The van der Waals surface area contributed by atoms with Gasteiger partial charge in [0.1, 0.15) is 0 Å². The minimum absolute atomic E-state index is 0.141. The van der Waals surface area contributed by atoms with Crippen LogP contribution in [0.5, 0.6) is 0 Å². The molecule has 0 aliphatic carbocycles. The lowest BCUT2D eigenvalue weighted by molar-refractivity contribution is 0.159. The summed E-state index contributed by atoms with van der Waals surface area (Å²) in [6.07, 6.45) is 24.9. The quantitative estimate of drug-likeness (QED) is 0.0365. The molecular formula is C40H72O14P4. The second-order valence-electron chi connectivity index (χ2n) is 14.7. The van der Waals surface area contributed by atoms with Gasteiger partial charge in [-0.2, -0.15) is 8.62 Å². The minimum Gasteiger partial charge on any atom is -0.302 e. The van der Waals surface area contributed by atoms with Crippen molar-refractivity contribution in [1.29, 1.82) is 0 Å². The van der Waals surface area contributed by atoms with Crippen LogP contribution in [0.25, 0.3) is 0 Å². The second kappa shape index (κ2) is 31.3. The zero-order valence-corrected chi connectivity index (χ0v) is 40.1. The molecule has 2 atom stereocenters. The van der Waals surface area contributed by atoms with Gasteiger partial charge in [-0.15, -0.1) is 0 Å². The van der Waals surface area contributed by atoms with Crippen molar-refractivity contribution in [3.63, 3.8) is 0 Å². The number of rotatable bonds is 28. The Bertz CT molecular complexity index is 1660. The van der Waals surface area contributed by atoms with Crippen molar-refractivity contribution < 1.29 is 64.9 Å². The molecule has 0 aliphatic rings. The molecule has 0 saturated heterocycles. The fourth-order valence-corrected chi connectivity index (χ4v) is 8.09. The second-order valence-corrected chi connectivity index (χ2v) is 20.6. The highest BCUT2D eigenvalue weighted by molar-refractivity contribution is 7.61. The van der Waals surface area contributed by atoms with Gasteiger partial charge in [0.2, 0.25) is 0 Å². The van der Waals surface area contributed by atoms with E-state index in [2.05, 4.69) is 85.1 Å². The lowest BCUT2D eigenvalue weighted by Gasteiger charge is -2.17. The molecule has 2 unspecified atom stereocenters. The van der Waals surface area contributed by atoms with Crippen molar-refractivity contribution in [2.24, 2.45) is 0 Å². The van der Waals surface area contributed by atoms with E-state index in [1.165, 1.54) is 27.9 Å². The van der Waals surface area contributed by atoms with Crippen LogP contribution in [0.15, 0.2) is 93.2 Å². The van der Waals surface area contributed by atoms with E-state index < -0.39 is 31.3 Å². The van der Waals surface area contributed by atoms with Crippen LogP contribution in [0.2, 0.25) is 0 Å². The SMILES string of the molecule is CC(C)=CCCC(C)=CCCC(C)=CCOP(=O)(O)OP(=O)(O)O.CC(C)=CCCC(C)=CCCC(C)=CCOP(=O)(OC/C=C(\C)CCC=C(C)C)OP(=O)(O)O. The summed E-state index contributed by atoms with van der Waals surface area (Å²) >= 11 is 0. The van der Waals surface area contributed by atoms with Crippen molar-refractivity contribution in [3.8, 4) is 0 Å². The number of phosphoric acid groups is 4. The molecule has 0 aromatic heterocycles. The molecule has 0 rings (SSSR count). The minimum atomic E-state index is -5.07. The monoisotopic (exact) mass is 900 g/mol. The van der Waals surface area contributed by atoms with Gasteiger partial charge in [-0.1, -0.05) is 93.2 Å². The molecule has 0 radical (unpaired) electrons. The first-order valence-corrected chi connectivity index (χ1v) is 25.2. The van der Waals surface area contributed by atoms with Crippen molar-refractivity contribution in [1.82, 2.24) is 0 Å². The van der Waals surface area contributed by atoms with Gasteiger partial charge in [-0.05, 0) is 140 Å². The summed E-state index contributed by atoms with van der Waals surface area (Å²) in [5, 5.41) is 0. The molecule has 18 heteroatoms. The van der Waals surface area contributed by atoms with Gasteiger partial charge in [0, 0.05) is 0 Å². The maximum Gasteiger partial charge on any atom is 0.484 e. The Balaban J connectivity index is 0. The van der Waals surface area contributed by atoms with Crippen LogP contribution < -0.4 is 0 Å². The summed E-state index contributed by atoms with van der Waals surface area (Å²) in [7, 11) is -19.3. The van der Waals surface area contributed by atoms with E-state index in [4.69, 9.17) is 33.5 Å². The van der Waals surface area contributed by atoms with E-state index in [9.17, 15) is 18.3 Å². The molecule has 5 N–H and O–H groups in total. The predicted molar refractivity (Wildman–Crippen MR) is 235 cm³/mol. The smallest absolute Gasteiger partial charge is 0.302 e. The molecule has 0 saturated carbocycles. The molecule has 0 heterocycles. The number of hydrogen-bond donors (Lipinski definition) is 5. The van der Waals surface area contributed by atoms with Gasteiger partial charge in [0.05, 0.1) is 19.8 Å². The molecule has 336 valence electrons. The van der Waals surface area contributed by atoms with Gasteiger partial charge >= 0.3 is 31.3 Å². The van der Waals surface area contributed by atoms with E-state index in [0.717, 1.165) is 80.9 Å². The van der Waals surface area contributed by atoms with Crippen LogP contribution in [0.1, 0.15) is 140 Å². The Labute approximate surface area is 348 Å². The first kappa shape index (κ1) is 58.5. The number of phosphoric ester groups is 2. The van der Waals surface area contributed by atoms with E-state index in [1.807, 2.05) is 34.6 Å². The summed E-state index contributed by atoms with van der Waals surface area (Å²) in [4.78, 5) is 44.3. The Kier molecular flexibility index (Phi) is 31.6. The molecule has 58 heavy (non-hydrogen) atoms. The van der Waals surface area contributed by atoms with E-state index in [0.29, 0.717) is 0 Å². The average molecular weight is 901 g/mol. The maximum absolute atomic E-state index is 12.7. The fourth-order valence-electron chi connectivity index (χ4n) is 4.56. The number of allylic oxidation sites excluding steroid dienone is 13. The zero-order valence-electron chi connectivity index (χ0n) is 36.5. The van der Waals surface area contributed by atoms with Crippen molar-refractivity contribution in [2.75, 3.05) is 19.8 Å². The van der Waals surface area contributed by atoms with Crippen LogP contribution >= 0.6 is 31.3 Å². The Hall–Kier alpha value is -1.56. The van der Waals surface area contributed by atoms with E-state index >= 15 is 0 Å². The van der Waals surface area contributed by atoms with Crippen LogP contribution in [-0.2, 0) is 40.5 Å². The third-order valence-electron chi connectivity index (χ3n) is 7.75. The lowest BCUT2D eigenvalue weighted by Crippen LogP contribution is -2.01. The zero-order chi connectivity index (χ0) is 45.0. The summed E-state index contributed by atoms with van der Waals surface area (Å²) in [5.74, 6) is 0. The molecular weight excluding hydrogens is 828 g/mol. The molecule has 14 nitrogen and oxygen atoms in total. The average Bonchev–Trinajstić information content (AvgIpc) is 3.02. The molecule has 0 aromatic rings. The lowest BCUT2D eigenvalue weighted by atomic mass is 10.1. The van der Waals surface area contributed by atoms with Gasteiger partial charge in [-0.25, -0.2) is 18.3 Å². The molecule has 0 spiro atoms. The summed E-state index contributed by atoms with van der Waals surface area (Å²) in [6, 6.07) is 0. The van der Waals surface area contributed by atoms with Crippen LogP contribution in [0.3, 0.4) is 0 Å². The molecule has 0 aliphatic heterocycles. The normalized spacial score (nSPS) is 15.5. The van der Waals surface area contributed by atoms with E-state index in [-0.39, 0.29) is 19.8 Å². The first-order valence-electron chi connectivity index (χ1n) is 19.2. The van der Waals surface area contributed by atoms with Crippen molar-refractivity contribution >= 4 is 31.3 Å². The van der Waals surface area contributed by atoms with Gasteiger partial charge in [0.25, 0.3) is 0 Å². The van der Waals surface area contributed by atoms with Gasteiger partial charge < -0.3 is 24.5 Å². The van der Waals surface area contributed by atoms with Crippen molar-refractivity contribution in [3.05, 3.63) is 93.2 Å². The Morgan fingerprint density at radius 3 is 0.914 bits per heavy atom. The van der Waals surface area contributed by atoms with Gasteiger partial charge in [-0.3, -0.25) is 13.6 Å². The van der Waals surface area contributed by atoms with E-state index in [1.54, 1.807) is 18.2 Å². The standard InChI is InChI=1S/C25H44O7P2.C15H28O7P2/c1-21(2)11-8-13-23(5)15-10-16-25(7)18-20-31-34(29,32-33(26,27)28)30-19-17-24(6)14-9-12-22(3)4;1-13(2)7-5-8-14(3)9-6-10-15(4)11-12-21-24(19,20)22-23(16,17)18/h11-12,15,17-18H,8-10,13-14,16,19-20H2,1-7H3,(H2,26,27,28);7,9,11H,5-6,8,10,12H2,1-4H3,(H,19,20)(H2,16,17,18)/b23-15?,24-17+,25-18?;. The Morgan fingerprint density at radius 2 is 0.638 bits per heavy atom. The fraction of sp³-hybridized carbons (Fsp3) is 0.600. The summed E-state index contributed by atoms with van der Waals surface area (Å²) in [5.41, 5.74) is 9.45. The maximum atomic E-state index is 12.7. The first-order chi connectivity index (χ1) is 26.6. The molecule has 0 amide bonds. The van der Waals surface area contributed by atoms with Crippen LogP contribution in [0, 0.1) is 0 Å². The van der Waals surface area contributed by atoms with Crippen LogP contribution in [0.4, 0.5) is 0 Å². The van der Waals surface area contributed by atoms with Crippen molar-refractivity contribution in [2.45, 2.75) is 140 Å². The highest BCUT2D eigenvalue weighted by Crippen LogP contribution is 2.61. The molecule has 0 fully saturated rings. The summed E-state index contributed by atoms with van der Waals surface area (Å²) in [6.45, 7) is 21.7. The molecule has 0 aromatic carbocycles. The largest absolute Gasteiger partial charge is 0.484 e. The highest BCUT2D eigenvalue weighted by Gasteiger charge is 2.35. The Morgan fingerprint density at radius 1 is 0.379 bits per heavy atom. The molecule has 0 bridgehead atoms. The summed E-state index contributed by atoms with van der Waals surface area (Å²) < 4.78 is 68.5. The third-order valence-corrected chi connectivity index (χ3v) is 12.5. The highest BCUT2D eigenvalue weighted by atomic mass is 31.3. The number of hydrogen-bond acceptors (Lipinski definition) is 9. The predicted octanol–water partition coefficient (Wildman–Crippen LogP) is 13.0.